The number of nitrogens with zero attached hydrogens (tertiary/aromatic N) is 2. The molecule has 2 aromatic rings. The molecule has 1 aromatic carbocycles. The molecule has 0 aliphatic heterocycles. The van der Waals surface area contributed by atoms with Crippen LogP contribution in [0.15, 0.2) is 24.3 Å². The minimum absolute atomic E-state index is 0.146. The smallest absolute Gasteiger partial charge is 0.354 e. The van der Waals surface area contributed by atoms with Crippen LogP contribution in [0.3, 0.4) is 0 Å². The molecular weight excluding hydrogens is 272 g/mol. The van der Waals surface area contributed by atoms with Gasteiger partial charge in [-0.3, -0.25) is 0 Å². The van der Waals surface area contributed by atoms with Gasteiger partial charge in [-0.25, -0.2) is 9.78 Å². The molecular formula is C15H14N2O4. The maximum atomic E-state index is 11.2. The van der Waals surface area contributed by atoms with E-state index in [0.717, 1.165) is 0 Å². The Morgan fingerprint density at radius 2 is 2.24 bits per heavy atom. The minimum atomic E-state index is -1.16. The number of aromatic carboxylic acids is 1. The molecule has 0 aliphatic carbocycles. The molecule has 1 heterocycles. The fraction of sp³-hybridized carbons (Fsp3) is 0.267. The summed E-state index contributed by atoms with van der Waals surface area (Å²) < 4.78 is 10.6. The van der Waals surface area contributed by atoms with Crippen molar-refractivity contribution in [1.29, 1.82) is 5.26 Å². The van der Waals surface area contributed by atoms with Crippen LogP contribution in [0, 0.1) is 11.3 Å². The fourth-order valence-corrected chi connectivity index (χ4v) is 1.92. The van der Waals surface area contributed by atoms with Crippen LogP contribution in [0.1, 0.15) is 22.5 Å². The van der Waals surface area contributed by atoms with Gasteiger partial charge in [0.2, 0.25) is 0 Å². The molecule has 0 fully saturated rings. The van der Waals surface area contributed by atoms with Gasteiger partial charge in [0.05, 0.1) is 17.7 Å². The van der Waals surface area contributed by atoms with Crippen molar-refractivity contribution < 1.29 is 19.4 Å². The molecule has 0 atom stereocenters. The minimum Gasteiger partial charge on any atom is -0.493 e. The van der Waals surface area contributed by atoms with E-state index in [2.05, 4.69) is 4.98 Å². The number of fused-ring (bicyclic) bond motifs is 1. The first-order valence-electron chi connectivity index (χ1n) is 6.36. The molecule has 108 valence electrons. The Bertz CT molecular complexity index is 707. The van der Waals surface area contributed by atoms with Crippen LogP contribution in [-0.2, 0) is 4.74 Å². The molecule has 6 heteroatoms. The summed E-state index contributed by atoms with van der Waals surface area (Å²) in [6.07, 6.45) is 0.681. The van der Waals surface area contributed by atoms with Gasteiger partial charge in [0.25, 0.3) is 0 Å². The van der Waals surface area contributed by atoms with E-state index in [-0.39, 0.29) is 5.69 Å². The summed E-state index contributed by atoms with van der Waals surface area (Å²) >= 11 is 0. The molecule has 0 spiro atoms. The highest BCUT2D eigenvalue weighted by molar-refractivity contribution is 5.95. The maximum absolute atomic E-state index is 11.2. The second-order valence-electron chi connectivity index (χ2n) is 4.32. The lowest BCUT2D eigenvalue weighted by molar-refractivity contribution is 0.0690. The molecule has 1 N–H and O–H groups in total. The van der Waals surface area contributed by atoms with Gasteiger partial charge in [-0.15, -0.1) is 0 Å². The Morgan fingerprint density at radius 3 is 2.90 bits per heavy atom. The summed E-state index contributed by atoms with van der Waals surface area (Å²) in [5.41, 5.74) is 0.505. The van der Waals surface area contributed by atoms with E-state index >= 15 is 0 Å². The van der Waals surface area contributed by atoms with Gasteiger partial charge in [-0.05, 0) is 12.1 Å². The molecule has 0 amide bonds. The van der Waals surface area contributed by atoms with Crippen molar-refractivity contribution in [3.63, 3.8) is 0 Å². The van der Waals surface area contributed by atoms with Crippen LogP contribution >= 0.6 is 0 Å². The van der Waals surface area contributed by atoms with Crippen molar-refractivity contribution >= 4 is 16.9 Å². The molecule has 0 aliphatic rings. The number of carbonyl (C=O) groups is 1. The summed E-state index contributed by atoms with van der Waals surface area (Å²) in [5, 5.41) is 18.9. The third-order valence-corrected chi connectivity index (χ3v) is 2.89. The average Bonchev–Trinajstić information content (AvgIpc) is 2.50. The molecule has 2 rings (SSSR count). The average molecular weight is 286 g/mol. The summed E-state index contributed by atoms with van der Waals surface area (Å²) in [6.45, 7) is 0.945. The van der Waals surface area contributed by atoms with Crippen LogP contribution in [0.25, 0.3) is 10.9 Å². The zero-order valence-corrected chi connectivity index (χ0v) is 11.5. The van der Waals surface area contributed by atoms with Gasteiger partial charge in [-0.2, -0.15) is 5.26 Å². The standard InChI is InChI=1S/C15H14N2O4/c1-20-6-3-7-21-13-8-12(15(18)19)17-14-10(9-16)4-2-5-11(13)14/h2,4-5,8H,3,6-7H2,1H3,(H,18,19). The SMILES string of the molecule is COCCCOc1cc(C(=O)O)nc2c(C#N)cccc12. The van der Waals surface area contributed by atoms with E-state index in [1.54, 1.807) is 25.3 Å². The van der Waals surface area contributed by atoms with E-state index in [4.69, 9.17) is 19.8 Å². The number of para-hydroxylation sites is 1. The molecule has 0 unspecified atom stereocenters. The second kappa shape index (κ2) is 6.68. The van der Waals surface area contributed by atoms with Gasteiger partial charge in [0.1, 0.15) is 11.8 Å². The summed E-state index contributed by atoms with van der Waals surface area (Å²) in [4.78, 5) is 15.2. The monoisotopic (exact) mass is 286 g/mol. The highest BCUT2D eigenvalue weighted by Crippen LogP contribution is 2.27. The van der Waals surface area contributed by atoms with Crippen molar-refractivity contribution in [1.82, 2.24) is 4.98 Å². The predicted molar refractivity (Wildman–Crippen MR) is 75.4 cm³/mol. The van der Waals surface area contributed by atoms with Crippen LogP contribution in [0.5, 0.6) is 5.75 Å². The normalized spacial score (nSPS) is 10.3. The number of hydrogen-bond acceptors (Lipinski definition) is 5. The summed E-state index contributed by atoms with van der Waals surface area (Å²) in [6, 6.07) is 8.44. The van der Waals surface area contributed by atoms with Crippen molar-refractivity contribution in [3.8, 4) is 11.8 Å². The zero-order valence-electron chi connectivity index (χ0n) is 11.5. The Hall–Kier alpha value is -2.65. The largest absolute Gasteiger partial charge is 0.493 e. The van der Waals surface area contributed by atoms with Crippen LogP contribution in [-0.4, -0.2) is 36.4 Å². The number of carboxylic acids is 1. The van der Waals surface area contributed by atoms with Crippen LogP contribution in [0.2, 0.25) is 0 Å². The predicted octanol–water partition coefficient (Wildman–Crippen LogP) is 2.22. The number of aromatic nitrogens is 1. The number of ether oxygens (including phenoxy) is 2. The van der Waals surface area contributed by atoms with Crippen LogP contribution < -0.4 is 4.74 Å². The highest BCUT2D eigenvalue weighted by Gasteiger charge is 2.14. The Balaban J connectivity index is 2.46. The first kappa shape index (κ1) is 14.8. The number of methoxy groups -OCH3 is 1. The van der Waals surface area contributed by atoms with E-state index in [9.17, 15) is 4.79 Å². The Labute approximate surface area is 121 Å². The third-order valence-electron chi connectivity index (χ3n) is 2.89. The van der Waals surface area contributed by atoms with E-state index in [1.807, 2.05) is 6.07 Å². The number of benzene rings is 1. The first-order chi connectivity index (χ1) is 10.2. The van der Waals surface area contributed by atoms with Gasteiger partial charge in [-0.1, -0.05) is 6.07 Å². The van der Waals surface area contributed by atoms with Gasteiger partial charge in [0, 0.05) is 31.6 Å². The molecule has 0 radical (unpaired) electrons. The van der Waals surface area contributed by atoms with Gasteiger partial charge in [0.15, 0.2) is 5.69 Å². The van der Waals surface area contributed by atoms with Gasteiger partial charge >= 0.3 is 5.97 Å². The lowest BCUT2D eigenvalue weighted by Crippen LogP contribution is -2.06. The van der Waals surface area contributed by atoms with Crippen molar-refractivity contribution in [2.24, 2.45) is 0 Å². The third kappa shape index (κ3) is 3.27. The topological polar surface area (TPSA) is 92.4 Å². The van der Waals surface area contributed by atoms with Crippen molar-refractivity contribution in [3.05, 3.63) is 35.5 Å². The lowest BCUT2D eigenvalue weighted by Gasteiger charge is -2.10. The number of hydrogen-bond donors (Lipinski definition) is 1. The lowest BCUT2D eigenvalue weighted by atomic mass is 10.1. The first-order valence-corrected chi connectivity index (χ1v) is 6.36. The number of nitriles is 1. The van der Waals surface area contributed by atoms with E-state index in [0.29, 0.717) is 41.9 Å². The molecule has 0 saturated heterocycles. The van der Waals surface area contributed by atoms with Crippen molar-refractivity contribution in [2.45, 2.75) is 6.42 Å². The second-order valence-corrected chi connectivity index (χ2v) is 4.32. The highest BCUT2D eigenvalue weighted by atomic mass is 16.5. The zero-order chi connectivity index (χ0) is 15.2. The molecule has 21 heavy (non-hydrogen) atoms. The molecule has 0 saturated carbocycles. The summed E-state index contributed by atoms with van der Waals surface area (Å²) in [7, 11) is 1.60. The Morgan fingerprint density at radius 1 is 1.43 bits per heavy atom. The van der Waals surface area contributed by atoms with Gasteiger partial charge < -0.3 is 14.6 Å². The quantitative estimate of drug-likeness (QED) is 0.818. The molecule has 0 bridgehead atoms. The van der Waals surface area contributed by atoms with E-state index in [1.165, 1.54) is 6.07 Å². The maximum Gasteiger partial charge on any atom is 0.354 e. The van der Waals surface area contributed by atoms with Crippen LogP contribution in [0.4, 0.5) is 0 Å². The van der Waals surface area contributed by atoms with E-state index < -0.39 is 5.97 Å². The number of pyridine rings is 1. The Kier molecular flexibility index (Phi) is 4.69. The summed E-state index contributed by atoms with van der Waals surface area (Å²) in [5.74, 6) is -0.753. The number of carboxylic acid groups (broad SMARTS) is 1. The fourth-order valence-electron chi connectivity index (χ4n) is 1.92. The number of rotatable bonds is 6. The molecule has 1 aromatic heterocycles. The van der Waals surface area contributed by atoms with Crippen molar-refractivity contribution in [2.75, 3.05) is 20.3 Å². The molecule has 6 nitrogen and oxygen atoms in total.